The summed E-state index contributed by atoms with van der Waals surface area (Å²) >= 11 is 1.69. The van der Waals surface area contributed by atoms with Crippen LogP contribution in [0.5, 0.6) is 0 Å². The Morgan fingerprint density at radius 2 is 2.23 bits per heavy atom. The van der Waals surface area contributed by atoms with Crippen molar-refractivity contribution in [3.63, 3.8) is 0 Å². The van der Waals surface area contributed by atoms with E-state index in [4.69, 9.17) is 0 Å². The molecule has 1 aromatic rings. The Bertz CT molecular complexity index is 650. The van der Waals surface area contributed by atoms with Crippen molar-refractivity contribution in [2.75, 3.05) is 40.3 Å². The quantitative estimate of drug-likeness (QED) is 0.391. The highest BCUT2D eigenvalue weighted by atomic mass is 127. The van der Waals surface area contributed by atoms with Crippen LogP contribution in [0.3, 0.4) is 0 Å². The van der Waals surface area contributed by atoms with Crippen LogP contribution in [0.1, 0.15) is 17.7 Å². The molecule has 3 rings (SSSR count). The molecular formula is C17H26IN5O2S. The first kappa shape index (κ1) is 20.9. The van der Waals surface area contributed by atoms with Crippen molar-refractivity contribution in [2.24, 2.45) is 4.99 Å². The molecule has 0 saturated carbocycles. The van der Waals surface area contributed by atoms with Gasteiger partial charge in [-0.3, -0.25) is 9.59 Å². The van der Waals surface area contributed by atoms with Gasteiger partial charge in [0, 0.05) is 51.1 Å². The molecule has 0 radical (unpaired) electrons. The summed E-state index contributed by atoms with van der Waals surface area (Å²) in [5.41, 5.74) is 0. The van der Waals surface area contributed by atoms with E-state index in [1.807, 2.05) is 16.3 Å². The molecule has 2 saturated heterocycles. The average molecular weight is 491 g/mol. The number of thiophene rings is 1. The topological polar surface area (TPSA) is 68.2 Å². The summed E-state index contributed by atoms with van der Waals surface area (Å²) in [5.74, 6) is 0.991. The van der Waals surface area contributed by atoms with Gasteiger partial charge in [-0.2, -0.15) is 0 Å². The smallest absolute Gasteiger partial charge is 0.243 e. The molecule has 3 heterocycles. The van der Waals surface area contributed by atoms with Crippen LogP contribution in [0.4, 0.5) is 0 Å². The van der Waals surface area contributed by atoms with Crippen molar-refractivity contribution in [1.29, 1.82) is 0 Å². The van der Waals surface area contributed by atoms with Crippen LogP contribution >= 0.6 is 35.3 Å². The molecule has 0 spiro atoms. The fourth-order valence-corrected chi connectivity index (χ4v) is 3.83. The number of carbonyl (C=O) groups excluding carboxylic acids is 2. The van der Waals surface area contributed by atoms with Crippen LogP contribution in [0, 0.1) is 0 Å². The summed E-state index contributed by atoms with van der Waals surface area (Å²) in [6, 6.07) is 4.37. The molecule has 7 nitrogen and oxygen atoms in total. The molecule has 1 aromatic heterocycles. The number of nitrogens with zero attached hydrogens (tertiary/aromatic N) is 4. The maximum absolute atomic E-state index is 11.9. The van der Waals surface area contributed by atoms with Crippen molar-refractivity contribution in [3.8, 4) is 0 Å². The molecule has 2 amide bonds. The first-order valence-corrected chi connectivity index (χ1v) is 9.48. The third-order valence-electron chi connectivity index (χ3n) is 4.66. The molecule has 2 aliphatic heterocycles. The van der Waals surface area contributed by atoms with E-state index in [1.54, 1.807) is 30.3 Å². The van der Waals surface area contributed by atoms with Crippen LogP contribution in [-0.4, -0.2) is 78.8 Å². The second-order valence-electron chi connectivity index (χ2n) is 6.59. The summed E-state index contributed by atoms with van der Waals surface area (Å²) in [4.78, 5) is 35.3. The number of nitrogens with one attached hydrogen (secondary N) is 1. The van der Waals surface area contributed by atoms with Crippen LogP contribution in [0.25, 0.3) is 0 Å². The molecule has 0 aromatic carbocycles. The van der Waals surface area contributed by atoms with E-state index in [2.05, 4.69) is 21.3 Å². The van der Waals surface area contributed by atoms with Crippen molar-refractivity contribution in [1.82, 2.24) is 20.0 Å². The Morgan fingerprint density at radius 1 is 1.42 bits per heavy atom. The molecule has 1 N–H and O–H groups in total. The molecule has 144 valence electrons. The number of carbonyl (C=O) groups is 2. The highest BCUT2D eigenvalue weighted by Crippen LogP contribution is 2.23. The number of piperazine rings is 1. The van der Waals surface area contributed by atoms with Gasteiger partial charge in [0.1, 0.15) is 6.54 Å². The molecule has 0 aliphatic carbocycles. The van der Waals surface area contributed by atoms with Gasteiger partial charge in [-0.1, -0.05) is 6.07 Å². The minimum atomic E-state index is -0.0231. The van der Waals surface area contributed by atoms with E-state index in [-0.39, 0.29) is 48.4 Å². The summed E-state index contributed by atoms with van der Waals surface area (Å²) in [5, 5.41) is 5.44. The number of guanidine groups is 1. The minimum absolute atomic E-state index is 0. The van der Waals surface area contributed by atoms with Gasteiger partial charge in [0.15, 0.2) is 5.96 Å². The van der Waals surface area contributed by atoms with Gasteiger partial charge in [0.25, 0.3) is 0 Å². The van der Waals surface area contributed by atoms with E-state index in [9.17, 15) is 9.59 Å². The van der Waals surface area contributed by atoms with E-state index >= 15 is 0 Å². The lowest BCUT2D eigenvalue weighted by Gasteiger charge is -2.39. The number of fused-ring (bicyclic) bond motifs is 1. The molecule has 9 heteroatoms. The Balaban J connectivity index is 0.00000243. The van der Waals surface area contributed by atoms with E-state index in [0.717, 1.165) is 32.0 Å². The number of hydrogen-bond donors (Lipinski definition) is 1. The van der Waals surface area contributed by atoms with Crippen LogP contribution in [-0.2, 0) is 16.1 Å². The third kappa shape index (κ3) is 5.09. The van der Waals surface area contributed by atoms with Crippen molar-refractivity contribution < 1.29 is 9.59 Å². The predicted molar refractivity (Wildman–Crippen MR) is 114 cm³/mol. The zero-order valence-corrected chi connectivity index (χ0v) is 18.3. The Morgan fingerprint density at radius 3 is 2.92 bits per heavy atom. The highest BCUT2D eigenvalue weighted by Gasteiger charge is 2.36. The lowest BCUT2D eigenvalue weighted by atomic mass is 10.1. The monoisotopic (exact) mass is 491 g/mol. The number of halogens is 1. The first-order chi connectivity index (χ1) is 12.0. The zero-order valence-electron chi connectivity index (χ0n) is 15.2. The van der Waals surface area contributed by atoms with E-state index in [0.29, 0.717) is 13.0 Å². The average Bonchev–Trinajstić information content (AvgIpc) is 3.24. The van der Waals surface area contributed by atoms with Crippen LogP contribution < -0.4 is 5.32 Å². The van der Waals surface area contributed by atoms with Gasteiger partial charge in [-0.15, -0.1) is 35.3 Å². The molecule has 26 heavy (non-hydrogen) atoms. The summed E-state index contributed by atoms with van der Waals surface area (Å²) in [7, 11) is 3.47. The van der Waals surface area contributed by atoms with E-state index in [1.165, 1.54) is 4.88 Å². The predicted octanol–water partition coefficient (Wildman–Crippen LogP) is 1.21. The SMILES string of the molecule is CN(C)C(=O)CN=C(NCc1cccs1)N1CCN2C(=O)CCC2C1.I. The lowest BCUT2D eigenvalue weighted by molar-refractivity contribution is -0.130. The van der Waals surface area contributed by atoms with Gasteiger partial charge in [-0.25, -0.2) is 4.99 Å². The Kier molecular flexibility index (Phi) is 7.69. The van der Waals surface area contributed by atoms with Gasteiger partial charge >= 0.3 is 0 Å². The number of hydrogen-bond acceptors (Lipinski definition) is 4. The van der Waals surface area contributed by atoms with Crippen molar-refractivity contribution >= 4 is 53.1 Å². The van der Waals surface area contributed by atoms with E-state index < -0.39 is 0 Å². The lowest BCUT2D eigenvalue weighted by Crippen LogP contribution is -2.56. The standard InChI is InChI=1S/C17H25N5O2S.HI/c1-20(2)16(24)11-19-17(18-10-14-4-3-9-25-14)21-7-8-22-13(12-21)5-6-15(22)23;/h3-4,9,13H,5-8,10-12H2,1-2H3,(H,18,19);1H. The minimum Gasteiger partial charge on any atom is -0.351 e. The molecule has 2 aliphatic rings. The molecule has 0 bridgehead atoms. The van der Waals surface area contributed by atoms with Gasteiger partial charge in [0.05, 0.1) is 6.54 Å². The van der Waals surface area contributed by atoms with Crippen LogP contribution in [0.15, 0.2) is 22.5 Å². The summed E-state index contributed by atoms with van der Waals surface area (Å²) < 4.78 is 0. The summed E-state index contributed by atoms with van der Waals surface area (Å²) in [6.45, 7) is 3.07. The maximum Gasteiger partial charge on any atom is 0.243 e. The Hall–Kier alpha value is -1.36. The van der Waals surface area contributed by atoms with Gasteiger partial charge in [-0.05, 0) is 17.9 Å². The fraction of sp³-hybridized carbons (Fsp3) is 0.588. The number of aliphatic imine (C=N–C) groups is 1. The molecule has 1 atom stereocenters. The highest BCUT2D eigenvalue weighted by molar-refractivity contribution is 14.0. The fourth-order valence-electron chi connectivity index (χ4n) is 3.19. The second-order valence-corrected chi connectivity index (χ2v) is 7.62. The van der Waals surface area contributed by atoms with Crippen LogP contribution in [0.2, 0.25) is 0 Å². The van der Waals surface area contributed by atoms with Gasteiger partial charge in [0.2, 0.25) is 11.8 Å². The summed E-state index contributed by atoms with van der Waals surface area (Å²) in [6.07, 6.45) is 1.55. The molecular weight excluding hydrogens is 465 g/mol. The van der Waals surface area contributed by atoms with Gasteiger partial charge < -0.3 is 20.0 Å². The number of rotatable bonds is 4. The number of likely N-dealkylation sites (N-methyl/N-ethyl adjacent to an activating group) is 1. The largest absolute Gasteiger partial charge is 0.351 e. The first-order valence-electron chi connectivity index (χ1n) is 8.60. The maximum atomic E-state index is 11.9. The van der Waals surface area contributed by atoms with Crippen molar-refractivity contribution in [2.45, 2.75) is 25.4 Å². The molecule has 2 fully saturated rings. The number of amides is 2. The zero-order chi connectivity index (χ0) is 17.8. The Labute approximate surface area is 175 Å². The normalized spacial score (nSPS) is 19.8. The second kappa shape index (κ2) is 9.54. The third-order valence-corrected chi connectivity index (χ3v) is 5.53. The van der Waals surface area contributed by atoms with Crippen molar-refractivity contribution in [3.05, 3.63) is 22.4 Å². The molecule has 1 unspecified atom stereocenters.